The lowest BCUT2D eigenvalue weighted by Gasteiger charge is -2.49. The van der Waals surface area contributed by atoms with Gasteiger partial charge in [0, 0.05) is 0 Å². The third-order valence-electron chi connectivity index (χ3n) is 5.16. The van der Waals surface area contributed by atoms with Crippen LogP contribution in [0.25, 0.3) is 0 Å². The lowest BCUT2D eigenvalue weighted by Crippen LogP contribution is -2.39. The van der Waals surface area contributed by atoms with E-state index in [2.05, 4.69) is 27.7 Å². The maximum absolute atomic E-state index is 2.55. The van der Waals surface area contributed by atoms with Gasteiger partial charge in [0.1, 0.15) is 0 Å². The molecule has 3 atom stereocenters. The Morgan fingerprint density at radius 2 is 2.00 bits per heavy atom. The van der Waals surface area contributed by atoms with Gasteiger partial charge in [-0.15, -0.1) is 0 Å². The van der Waals surface area contributed by atoms with E-state index in [9.17, 15) is 0 Å². The quantitative estimate of drug-likeness (QED) is 0.492. The molecule has 0 saturated heterocycles. The van der Waals surface area contributed by atoms with Crippen LogP contribution in [0.5, 0.6) is 0 Å². The molecule has 2 aliphatic carbocycles. The average molecular weight is 206 g/mol. The fourth-order valence-electron chi connectivity index (χ4n) is 3.92. The van der Waals surface area contributed by atoms with Crippen LogP contribution >= 0.6 is 0 Å². The Bertz CT molecular complexity index is 270. The molecule has 0 heterocycles. The largest absolute Gasteiger partial charge is 0.0772 e. The summed E-state index contributed by atoms with van der Waals surface area (Å²) < 4.78 is 0. The molecule has 15 heavy (non-hydrogen) atoms. The van der Waals surface area contributed by atoms with Gasteiger partial charge in [0.2, 0.25) is 0 Å². The highest BCUT2D eigenvalue weighted by Gasteiger charge is 2.42. The molecule has 2 fully saturated rings. The average Bonchev–Trinajstić information content (AvgIpc) is 2.17. The van der Waals surface area contributed by atoms with Gasteiger partial charge in [-0.3, -0.25) is 0 Å². The first-order valence-electron chi connectivity index (χ1n) is 6.68. The maximum Gasteiger partial charge on any atom is -0.0282 e. The highest BCUT2D eigenvalue weighted by atomic mass is 14.5. The highest BCUT2D eigenvalue weighted by Crippen LogP contribution is 2.53. The summed E-state index contributed by atoms with van der Waals surface area (Å²) in [5.41, 5.74) is 4.04. The standard InChI is InChI=1S/C15H26/c1-11(2)13-7-9-15(4)8-5-6-12(3)14(15)10-13/h12,14H,5-10H2,1-4H3/t12-,14-,15+/m1/s1. The molecular weight excluding hydrogens is 180 g/mol. The molecule has 0 bridgehead atoms. The molecule has 86 valence electrons. The molecular formula is C15H26. The number of fused-ring (bicyclic) bond motifs is 1. The van der Waals surface area contributed by atoms with Crippen LogP contribution in [-0.2, 0) is 0 Å². The molecule has 0 nitrogen and oxygen atoms in total. The van der Waals surface area contributed by atoms with Crippen LogP contribution in [-0.4, -0.2) is 0 Å². The molecule has 0 unspecified atom stereocenters. The fourth-order valence-corrected chi connectivity index (χ4v) is 3.92. The second kappa shape index (κ2) is 3.96. The Kier molecular flexibility index (Phi) is 2.96. The summed E-state index contributed by atoms with van der Waals surface area (Å²) in [7, 11) is 0. The van der Waals surface area contributed by atoms with Crippen LogP contribution in [0.4, 0.5) is 0 Å². The van der Waals surface area contributed by atoms with E-state index in [1.54, 1.807) is 11.1 Å². The Morgan fingerprint density at radius 3 is 2.67 bits per heavy atom. The van der Waals surface area contributed by atoms with E-state index >= 15 is 0 Å². The normalized spacial score (nSPS) is 41.2. The summed E-state index contributed by atoms with van der Waals surface area (Å²) >= 11 is 0. The minimum Gasteiger partial charge on any atom is -0.0772 e. The zero-order valence-electron chi connectivity index (χ0n) is 10.9. The third kappa shape index (κ3) is 2.00. The van der Waals surface area contributed by atoms with Gasteiger partial charge < -0.3 is 0 Å². The Balaban J connectivity index is 2.20. The molecule has 0 radical (unpaired) electrons. The second-order valence-electron chi connectivity index (χ2n) is 6.44. The van der Waals surface area contributed by atoms with Gasteiger partial charge in [-0.2, -0.15) is 0 Å². The first-order valence-corrected chi connectivity index (χ1v) is 6.68. The number of hydrogen-bond donors (Lipinski definition) is 0. The lowest BCUT2D eigenvalue weighted by atomic mass is 9.56. The van der Waals surface area contributed by atoms with Crippen molar-refractivity contribution in [2.45, 2.75) is 66.2 Å². The zero-order valence-corrected chi connectivity index (χ0v) is 10.9. The molecule has 0 heteroatoms. The number of rotatable bonds is 0. The van der Waals surface area contributed by atoms with E-state index in [0.29, 0.717) is 5.41 Å². The van der Waals surface area contributed by atoms with Crippen molar-refractivity contribution >= 4 is 0 Å². The molecule has 2 aliphatic rings. The molecule has 0 N–H and O–H groups in total. The van der Waals surface area contributed by atoms with Crippen LogP contribution < -0.4 is 0 Å². The smallest absolute Gasteiger partial charge is 0.0282 e. The number of hydrogen-bond acceptors (Lipinski definition) is 0. The zero-order chi connectivity index (χ0) is 11.1. The van der Waals surface area contributed by atoms with Crippen molar-refractivity contribution in [1.82, 2.24) is 0 Å². The predicted molar refractivity (Wildman–Crippen MR) is 66.8 cm³/mol. The summed E-state index contributed by atoms with van der Waals surface area (Å²) in [5, 5.41) is 0. The molecule has 0 spiro atoms. The first kappa shape index (κ1) is 11.2. The van der Waals surface area contributed by atoms with E-state index < -0.39 is 0 Å². The first-order chi connectivity index (χ1) is 7.03. The van der Waals surface area contributed by atoms with E-state index in [1.165, 1.54) is 38.5 Å². The Morgan fingerprint density at radius 1 is 1.27 bits per heavy atom. The summed E-state index contributed by atoms with van der Waals surface area (Å²) in [6.45, 7) is 9.63. The van der Waals surface area contributed by atoms with Crippen LogP contribution in [0.15, 0.2) is 11.1 Å². The molecule has 0 aromatic rings. The minimum absolute atomic E-state index is 0.677. The molecule has 2 rings (SSSR count). The van der Waals surface area contributed by atoms with Crippen LogP contribution in [0.1, 0.15) is 66.2 Å². The van der Waals surface area contributed by atoms with E-state index in [-0.39, 0.29) is 0 Å². The van der Waals surface area contributed by atoms with E-state index in [1.807, 2.05) is 0 Å². The second-order valence-corrected chi connectivity index (χ2v) is 6.44. The monoisotopic (exact) mass is 206 g/mol. The van der Waals surface area contributed by atoms with Gasteiger partial charge in [-0.1, -0.05) is 37.8 Å². The van der Waals surface area contributed by atoms with E-state index in [0.717, 1.165) is 11.8 Å². The van der Waals surface area contributed by atoms with Crippen molar-refractivity contribution in [2.75, 3.05) is 0 Å². The molecule has 2 saturated carbocycles. The van der Waals surface area contributed by atoms with E-state index in [4.69, 9.17) is 0 Å². The Labute approximate surface area is 95.1 Å². The fraction of sp³-hybridized carbons (Fsp3) is 0.867. The van der Waals surface area contributed by atoms with Gasteiger partial charge >= 0.3 is 0 Å². The predicted octanol–water partition coefficient (Wildman–Crippen LogP) is 4.95. The SMILES string of the molecule is CC(C)=C1CC[C@]2(C)CCC[C@@H](C)[C@H]2C1. The van der Waals surface area contributed by atoms with Crippen LogP contribution in [0.3, 0.4) is 0 Å². The summed E-state index contributed by atoms with van der Waals surface area (Å²) in [5.74, 6) is 1.93. The van der Waals surface area contributed by atoms with Crippen LogP contribution in [0, 0.1) is 17.3 Å². The van der Waals surface area contributed by atoms with Crippen LogP contribution in [0.2, 0.25) is 0 Å². The van der Waals surface area contributed by atoms with Gasteiger partial charge in [-0.05, 0) is 56.8 Å². The van der Waals surface area contributed by atoms with Crippen molar-refractivity contribution < 1.29 is 0 Å². The van der Waals surface area contributed by atoms with Gasteiger partial charge in [0.15, 0.2) is 0 Å². The van der Waals surface area contributed by atoms with Crippen molar-refractivity contribution in [3.63, 3.8) is 0 Å². The van der Waals surface area contributed by atoms with Gasteiger partial charge in [-0.25, -0.2) is 0 Å². The summed E-state index contributed by atoms with van der Waals surface area (Å²) in [6, 6.07) is 0. The van der Waals surface area contributed by atoms with Gasteiger partial charge in [0.25, 0.3) is 0 Å². The lowest BCUT2D eigenvalue weighted by molar-refractivity contribution is 0.0407. The highest BCUT2D eigenvalue weighted by molar-refractivity contribution is 5.16. The van der Waals surface area contributed by atoms with Crippen molar-refractivity contribution in [2.24, 2.45) is 17.3 Å². The van der Waals surface area contributed by atoms with Crippen molar-refractivity contribution in [3.05, 3.63) is 11.1 Å². The third-order valence-corrected chi connectivity index (χ3v) is 5.16. The number of allylic oxidation sites excluding steroid dienone is 2. The summed E-state index contributed by atoms with van der Waals surface area (Å²) in [6.07, 6.45) is 8.65. The topological polar surface area (TPSA) is 0 Å². The van der Waals surface area contributed by atoms with Gasteiger partial charge in [0.05, 0.1) is 0 Å². The molecule has 0 aromatic carbocycles. The van der Waals surface area contributed by atoms with Crippen molar-refractivity contribution in [1.29, 1.82) is 0 Å². The molecule has 0 aromatic heterocycles. The molecule has 0 amide bonds. The molecule has 0 aliphatic heterocycles. The summed E-state index contributed by atoms with van der Waals surface area (Å²) in [4.78, 5) is 0. The Hall–Kier alpha value is -0.260. The minimum atomic E-state index is 0.677. The van der Waals surface area contributed by atoms with Crippen molar-refractivity contribution in [3.8, 4) is 0 Å². The maximum atomic E-state index is 2.55.